The van der Waals surface area contributed by atoms with Crippen LogP contribution in [0.4, 0.5) is 0 Å². The van der Waals surface area contributed by atoms with E-state index in [0.29, 0.717) is 12.1 Å². The van der Waals surface area contributed by atoms with E-state index in [4.69, 9.17) is 5.11 Å². The van der Waals surface area contributed by atoms with Gasteiger partial charge < -0.3 is 5.11 Å². The van der Waals surface area contributed by atoms with Crippen molar-refractivity contribution >= 4 is 0 Å². The first-order valence-corrected chi connectivity index (χ1v) is 5.53. The van der Waals surface area contributed by atoms with Crippen LogP contribution in [0.1, 0.15) is 40.0 Å². The molecular formula is C12H21NO. The van der Waals surface area contributed by atoms with Crippen LogP contribution < -0.4 is 0 Å². The maximum absolute atomic E-state index is 9.02. The molecule has 0 bridgehead atoms. The molecule has 0 spiro atoms. The average molecular weight is 195 g/mol. The van der Waals surface area contributed by atoms with Crippen LogP contribution in [0.5, 0.6) is 0 Å². The van der Waals surface area contributed by atoms with E-state index in [2.05, 4.69) is 30.6 Å². The Balaban J connectivity index is 2.45. The van der Waals surface area contributed by atoms with Gasteiger partial charge in [0.1, 0.15) is 6.10 Å². The number of piperidine rings is 1. The van der Waals surface area contributed by atoms with E-state index >= 15 is 0 Å². The SMILES string of the molecule is CC(O)C#CCN1C(C)CCCC1C. The molecule has 0 aromatic carbocycles. The third kappa shape index (κ3) is 3.32. The van der Waals surface area contributed by atoms with E-state index in [1.54, 1.807) is 6.92 Å². The fourth-order valence-corrected chi connectivity index (χ4v) is 2.07. The minimum absolute atomic E-state index is 0.495. The number of likely N-dealkylation sites (tertiary alicyclic amines) is 1. The predicted molar refractivity (Wildman–Crippen MR) is 58.9 cm³/mol. The zero-order chi connectivity index (χ0) is 10.6. The van der Waals surface area contributed by atoms with E-state index in [9.17, 15) is 0 Å². The van der Waals surface area contributed by atoms with Crippen molar-refractivity contribution in [2.75, 3.05) is 6.54 Å². The molecule has 0 aromatic heterocycles. The number of nitrogens with zero attached hydrogens (tertiary/aromatic N) is 1. The summed E-state index contributed by atoms with van der Waals surface area (Å²) in [6.07, 6.45) is 3.40. The molecule has 3 atom stereocenters. The molecule has 1 rings (SSSR count). The number of hydrogen-bond acceptors (Lipinski definition) is 2. The van der Waals surface area contributed by atoms with Gasteiger partial charge in [0.15, 0.2) is 0 Å². The van der Waals surface area contributed by atoms with Gasteiger partial charge in [0.05, 0.1) is 6.54 Å². The quantitative estimate of drug-likeness (QED) is 0.643. The molecule has 2 heteroatoms. The fraction of sp³-hybridized carbons (Fsp3) is 0.833. The third-order valence-corrected chi connectivity index (χ3v) is 2.95. The lowest BCUT2D eigenvalue weighted by Gasteiger charge is -2.37. The van der Waals surface area contributed by atoms with E-state index < -0.39 is 6.10 Å². The summed E-state index contributed by atoms with van der Waals surface area (Å²) < 4.78 is 0. The standard InChI is InChI=1S/C12H21NO/c1-10-6-4-7-11(2)13(10)9-5-8-12(3)14/h10-12,14H,4,6-7,9H2,1-3H3. The third-order valence-electron chi connectivity index (χ3n) is 2.95. The summed E-state index contributed by atoms with van der Waals surface area (Å²) >= 11 is 0. The highest BCUT2D eigenvalue weighted by molar-refractivity contribution is 5.06. The monoisotopic (exact) mass is 195 g/mol. The van der Waals surface area contributed by atoms with Crippen LogP contribution in [0, 0.1) is 11.8 Å². The van der Waals surface area contributed by atoms with Crippen LogP contribution in [0.15, 0.2) is 0 Å². The second-order valence-electron chi connectivity index (χ2n) is 4.30. The Morgan fingerprint density at radius 2 is 1.93 bits per heavy atom. The van der Waals surface area contributed by atoms with E-state index in [0.717, 1.165) is 6.54 Å². The van der Waals surface area contributed by atoms with Crippen molar-refractivity contribution in [3.05, 3.63) is 0 Å². The predicted octanol–water partition coefficient (Wildman–Crippen LogP) is 1.63. The van der Waals surface area contributed by atoms with Crippen molar-refractivity contribution in [3.8, 4) is 11.8 Å². The van der Waals surface area contributed by atoms with Gasteiger partial charge in [0.2, 0.25) is 0 Å². The molecule has 0 amide bonds. The first-order chi connectivity index (χ1) is 6.61. The molecule has 1 N–H and O–H groups in total. The molecule has 0 saturated carbocycles. The molecule has 1 fully saturated rings. The van der Waals surface area contributed by atoms with Gasteiger partial charge in [-0.1, -0.05) is 18.3 Å². The lowest BCUT2D eigenvalue weighted by Crippen LogP contribution is -2.43. The molecule has 0 aromatic rings. The summed E-state index contributed by atoms with van der Waals surface area (Å²) in [7, 11) is 0. The molecule has 0 radical (unpaired) electrons. The van der Waals surface area contributed by atoms with Gasteiger partial charge in [-0.05, 0) is 33.6 Å². The van der Waals surface area contributed by atoms with Crippen molar-refractivity contribution in [2.45, 2.75) is 58.2 Å². The van der Waals surface area contributed by atoms with Crippen molar-refractivity contribution in [1.29, 1.82) is 0 Å². The Kier molecular flexibility index (Phi) is 4.44. The largest absolute Gasteiger partial charge is 0.381 e. The maximum atomic E-state index is 9.02. The Morgan fingerprint density at radius 3 is 2.43 bits per heavy atom. The lowest BCUT2D eigenvalue weighted by molar-refractivity contribution is 0.121. The van der Waals surface area contributed by atoms with Crippen LogP contribution in [0.3, 0.4) is 0 Å². The first-order valence-electron chi connectivity index (χ1n) is 5.53. The zero-order valence-corrected chi connectivity index (χ0v) is 9.45. The van der Waals surface area contributed by atoms with Crippen LogP contribution >= 0.6 is 0 Å². The molecule has 3 unspecified atom stereocenters. The molecule has 1 aliphatic heterocycles. The summed E-state index contributed by atoms with van der Waals surface area (Å²) in [4.78, 5) is 2.43. The minimum Gasteiger partial charge on any atom is -0.381 e. The molecule has 1 heterocycles. The summed E-state index contributed by atoms with van der Waals surface area (Å²) in [6.45, 7) is 7.03. The van der Waals surface area contributed by atoms with Gasteiger partial charge in [0.25, 0.3) is 0 Å². The van der Waals surface area contributed by atoms with E-state index in [1.165, 1.54) is 19.3 Å². The highest BCUT2D eigenvalue weighted by Crippen LogP contribution is 2.21. The molecule has 80 valence electrons. The highest BCUT2D eigenvalue weighted by Gasteiger charge is 2.23. The van der Waals surface area contributed by atoms with Gasteiger partial charge in [-0.15, -0.1) is 0 Å². The summed E-state index contributed by atoms with van der Waals surface area (Å²) in [6, 6.07) is 1.28. The minimum atomic E-state index is -0.495. The van der Waals surface area contributed by atoms with Crippen LogP contribution in [0.2, 0.25) is 0 Å². The number of rotatable bonds is 1. The van der Waals surface area contributed by atoms with Crippen molar-refractivity contribution in [2.24, 2.45) is 0 Å². The van der Waals surface area contributed by atoms with Gasteiger partial charge in [-0.25, -0.2) is 0 Å². The van der Waals surface area contributed by atoms with Gasteiger partial charge >= 0.3 is 0 Å². The topological polar surface area (TPSA) is 23.5 Å². The second-order valence-corrected chi connectivity index (χ2v) is 4.30. The Labute approximate surface area is 87.3 Å². The lowest BCUT2D eigenvalue weighted by atomic mass is 9.98. The Hall–Kier alpha value is -0.520. The molecule has 0 aliphatic carbocycles. The zero-order valence-electron chi connectivity index (χ0n) is 9.45. The summed E-state index contributed by atoms with van der Waals surface area (Å²) in [5.74, 6) is 5.84. The van der Waals surface area contributed by atoms with Crippen molar-refractivity contribution in [3.63, 3.8) is 0 Å². The average Bonchev–Trinajstić information content (AvgIpc) is 2.09. The van der Waals surface area contributed by atoms with E-state index in [1.807, 2.05) is 0 Å². The molecular weight excluding hydrogens is 174 g/mol. The van der Waals surface area contributed by atoms with E-state index in [-0.39, 0.29) is 0 Å². The van der Waals surface area contributed by atoms with Gasteiger partial charge in [-0.3, -0.25) is 4.90 Å². The van der Waals surface area contributed by atoms with Crippen LogP contribution in [-0.2, 0) is 0 Å². The number of aliphatic hydroxyl groups is 1. The normalized spacial score (nSPS) is 30.6. The Morgan fingerprint density at radius 1 is 1.36 bits per heavy atom. The van der Waals surface area contributed by atoms with Gasteiger partial charge in [0, 0.05) is 12.1 Å². The molecule has 1 aliphatic rings. The van der Waals surface area contributed by atoms with Crippen molar-refractivity contribution in [1.82, 2.24) is 4.90 Å². The highest BCUT2D eigenvalue weighted by atomic mass is 16.3. The first kappa shape index (κ1) is 11.6. The summed E-state index contributed by atoms with van der Waals surface area (Å²) in [5, 5.41) is 9.02. The fourth-order valence-electron chi connectivity index (χ4n) is 2.07. The smallest absolute Gasteiger partial charge is 0.112 e. The van der Waals surface area contributed by atoms with Crippen LogP contribution in [-0.4, -0.2) is 34.7 Å². The molecule has 14 heavy (non-hydrogen) atoms. The Bertz CT molecular complexity index is 216. The maximum Gasteiger partial charge on any atom is 0.112 e. The number of hydrogen-bond donors (Lipinski definition) is 1. The molecule has 1 saturated heterocycles. The molecule has 2 nitrogen and oxygen atoms in total. The summed E-state index contributed by atoms with van der Waals surface area (Å²) in [5.41, 5.74) is 0. The van der Waals surface area contributed by atoms with Gasteiger partial charge in [-0.2, -0.15) is 0 Å². The second kappa shape index (κ2) is 5.38. The van der Waals surface area contributed by atoms with Crippen molar-refractivity contribution < 1.29 is 5.11 Å². The van der Waals surface area contributed by atoms with Crippen LogP contribution in [0.25, 0.3) is 0 Å². The number of aliphatic hydroxyl groups excluding tert-OH is 1.